The van der Waals surface area contributed by atoms with Crippen molar-refractivity contribution in [2.24, 2.45) is 5.92 Å². The molecule has 1 saturated heterocycles. The van der Waals surface area contributed by atoms with Crippen LogP contribution >= 0.6 is 0 Å². The molecule has 1 aromatic carbocycles. The first kappa shape index (κ1) is 15.2. The fourth-order valence-electron chi connectivity index (χ4n) is 4.26. The van der Waals surface area contributed by atoms with Crippen LogP contribution in [0.2, 0.25) is 0 Å². The van der Waals surface area contributed by atoms with Crippen molar-refractivity contribution in [1.82, 2.24) is 15.2 Å². The average molecular weight is 315 g/mol. The lowest BCUT2D eigenvalue weighted by Gasteiger charge is -2.25. The molecule has 4 rings (SSSR count). The molecule has 2 N–H and O–H groups in total. The number of nitrogens with one attached hydrogen (secondary N) is 2. The van der Waals surface area contributed by atoms with Crippen molar-refractivity contribution in [2.75, 3.05) is 13.1 Å². The first-order valence-corrected chi connectivity index (χ1v) is 8.96. The van der Waals surface area contributed by atoms with Crippen LogP contribution in [0.1, 0.15) is 37.4 Å². The van der Waals surface area contributed by atoms with Gasteiger partial charge in [-0.3, -0.25) is 0 Å². The number of piperidine rings is 1. The van der Waals surface area contributed by atoms with E-state index in [9.17, 15) is 4.39 Å². The second kappa shape index (κ2) is 6.25. The lowest BCUT2D eigenvalue weighted by atomic mass is 9.94. The summed E-state index contributed by atoms with van der Waals surface area (Å²) in [5.74, 6) is 0.693. The van der Waals surface area contributed by atoms with E-state index in [-0.39, 0.29) is 5.82 Å². The molecule has 2 aromatic rings. The Morgan fingerprint density at radius 3 is 2.91 bits per heavy atom. The summed E-state index contributed by atoms with van der Waals surface area (Å²) in [5.41, 5.74) is 3.94. The third-order valence-corrected chi connectivity index (χ3v) is 5.60. The number of rotatable bonds is 3. The third kappa shape index (κ3) is 2.90. The van der Waals surface area contributed by atoms with Gasteiger partial charge in [-0.2, -0.15) is 0 Å². The van der Waals surface area contributed by atoms with Gasteiger partial charge in [-0.1, -0.05) is 0 Å². The number of benzene rings is 1. The van der Waals surface area contributed by atoms with Gasteiger partial charge < -0.3 is 15.2 Å². The van der Waals surface area contributed by atoms with Crippen LogP contribution in [0.5, 0.6) is 0 Å². The molecule has 1 atom stereocenters. The molecule has 2 aliphatic rings. The molecule has 1 unspecified atom stereocenters. The molecule has 1 aromatic heterocycles. The van der Waals surface area contributed by atoms with Gasteiger partial charge in [0.2, 0.25) is 0 Å². The molecule has 0 spiro atoms. The van der Waals surface area contributed by atoms with Crippen molar-refractivity contribution in [3.8, 4) is 0 Å². The lowest BCUT2D eigenvalue weighted by molar-refractivity contribution is 0.336. The van der Waals surface area contributed by atoms with Crippen molar-refractivity contribution >= 4 is 10.9 Å². The summed E-state index contributed by atoms with van der Waals surface area (Å²) in [5, 5.41) is 8.07. The van der Waals surface area contributed by atoms with Crippen LogP contribution in [-0.2, 0) is 19.5 Å². The largest absolute Gasteiger partial charge is 0.344 e. The molecule has 0 radical (unpaired) electrons. The maximum atomic E-state index is 13.7. The Kier molecular flexibility index (Phi) is 4.12. The van der Waals surface area contributed by atoms with E-state index in [0.29, 0.717) is 6.04 Å². The quantitative estimate of drug-likeness (QED) is 0.911. The van der Waals surface area contributed by atoms with Crippen LogP contribution in [-0.4, -0.2) is 23.7 Å². The minimum absolute atomic E-state index is 0.130. The average Bonchev–Trinajstić information content (AvgIpc) is 2.86. The van der Waals surface area contributed by atoms with Crippen LogP contribution < -0.4 is 10.6 Å². The summed E-state index contributed by atoms with van der Waals surface area (Å²) < 4.78 is 16.2. The zero-order valence-corrected chi connectivity index (χ0v) is 13.9. The Balaban J connectivity index is 1.68. The van der Waals surface area contributed by atoms with E-state index in [1.54, 1.807) is 12.1 Å². The van der Waals surface area contributed by atoms with Gasteiger partial charge in [0.1, 0.15) is 5.82 Å². The molecule has 1 fully saturated rings. The molecular formula is C19H26FN3. The van der Waals surface area contributed by atoms with Crippen molar-refractivity contribution in [2.45, 2.75) is 51.7 Å². The molecule has 124 valence electrons. The summed E-state index contributed by atoms with van der Waals surface area (Å²) in [6.45, 7) is 6.46. The van der Waals surface area contributed by atoms with E-state index >= 15 is 0 Å². The number of aryl methyl sites for hydroxylation is 1. The Labute approximate surface area is 137 Å². The Hall–Kier alpha value is -1.39. The molecule has 0 aliphatic carbocycles. The van der Waals surface area contributed by atoms with Gasteiger partial charge >= 0.3 is 0 Å². The summed E-state index contributed by atoms with van der Waals surface area (Å²) in [7, 11) is 0. The normalized spacial score (nSPS) is 22.4. The number of fused-ring (bicyclic) bond motifs is 3. The maximum Gasteiger partial charge on any atom is 0.123 e. The molecule has 0 amide bonds. The van der Waals surface area contributed by atoms with Crippen LogP contribution in [0.25, 0.3) is 10.9 Å². The predicted molar refractivity (Wildman–Crippen MR) is 92.1 cm³/mol. The van der Waals surface area contributed by atoms with Crippen molar-refractivity contribution < 1.29 is 4.39 Å². The summed E-state index contributed by atoms with van der Waals surface area (Å²) in [4.78, 5) is 0. The van der Waals surface area contributed by atoms with Crippen LogP contribution in [0.15, 0.2) is 18.2 Å². The fraction of sp³-hybridized carbons (Fsp3) is 0.579. The summed E-state index contributed by atoms with van der Waals surface area (Å²) in [6, 6.07) is 5.78. The zero-order chi connectivity index (χ0) is 15.8. The Morgan fingerprint density at radius 1 is 1.26 bits per heavy atom. The van der Waals surface area contributed by atoms with Gasteiger partial charge in [-0.05, 0) is 69.0 Å². The van der Waals surface area contributed by atoms with E-state index < -0.39 is 0 Å². The van der Waals surface area contributed by atoms with Crippen LogP contribution in [0, 0.1) is 11.7 Å². The second-order valence-electron chi connectivity index (χ2n) is 7.21. The van der Waals surface area contributed by atoms with Crippen LogP contribution in [0.4, 0.5) is 4.39 Å². The van der Waals surface area contributed by atoms with Crippen molar-refractivity contribution in [1.29, 1.82) is 0 Å². The van der Waals surface area contributed by atoms with E-state index in [1.807, 2.05) is 6.07 Å². The molecule has 0 bridgehead atoms. The van der Waals surface area contributed by atoms with Gasteiger partial charge in [0, 0.05) is 42.1 Å². The molecule has 3 nitrogen and oxygen atoms in total. The number of nitrogens with zero attached hydrogens (tertiary/aromatic N) is 1. The third-order valence-electron chi connectivity index (χ3n) is 5.60. The predicted octanol–water partition coefficient (Wildman–Crippen LogP) is 3.20. The maximum absolute atomic E-state index is 13.7. The minimum Gasteiger partial charge on any atom is -0.344 e. The van der Waals surface area contributed by atoms with Gasteiger partial charge in [0.05, 0.1) is 0 Å². The van der Waals surface area contributed by atoms with E-state index in [0.717, 1.165) is 43.9 Å². The number of aromatic nitrogens is 1. The monoisotopic (exact) mass is 315 g/mol. The number of halogens is 1. The second-order valence-corrected chi connectivity index (χ2v) is 7.21. The van der Waals surface area contributed by atoms with Gasteiger partial charge in [-0.25, -0.2) is 4.39 Å². The topological polar surface area (TPSA) is 29.0 Å². The highest BCUT2D eigenvalue weighted by atomic mass is 19.1. The first-order chi connectivity index (χ1) is 11.2. The smallest absolute Gasteiger partial charge is 0.123 e. The summed E-state index contributed by atoms with van der Waals surface area (Å²) >= 11 is 0. The van der Waals surface area contributed by atoms with Crippen molar-refractivity contribution in [3.63, 3.8) is 0 Å². The van der Waals surface area contributed by atoms with Gasteiger partial charge in [0.15, 0.2) is 0 Å². The van der Waals surface area contributed by atoms with Gasteiger partial charge in [-0.15, -0.1) is 0 Å². The number of hydrogen-bond donors (Lipinski definition) is 2. The zero-order valence-electron chi connectivity index (χ0n) is 13.9. The number of hydrogen-bond acceptors (Lipinski definition) is 2. The Bertz CT molecular complexity index is 700. The molecule has 2 aliphatic heterocycles. The van der Waals surface area contributed by atoms with Gasteiger partial charge in [0.25, 0.3) is 0 Å². The SMILES string of the molecule is CC1Cc2c(c3cc(F)ccc3n2CCC2CCNCC2)CN1. The van der Waals surface area contributed by atoms with E-state index in [2.05, 4.69) is 22.1 Å². The standard InChI is InChI=1S/C19H26FN3/c1-13-10-19-17(12-22-13)16-11-15(20)2-3-18(16)23(19)9-6-14-4-7-21-8-5-14/h2-3,11,13-14,21-22H,4-10,12H2,1H3. The first-order valence-electron chi connectivity index (χ1n) is 8.96. The minimum atomic E-state index is -0.130. The highest BCUT2D eigenvalue weighted by Crippen LogP contribution is 2.31. The highest BCUT2D eigenvalue weighted by Gasteiger charge is 2.24. The highest BCUT2D eigenvalue weighted by molar-refractivity contribution is 5.86. The van der Waals surface area contributed by atoms with Crippen LogP contribution in [0.3, 0.4) is 0 Å². The Morgan fingerprint density at radius 2 is 2.09 bits per heavy atom. The fourth-order valence-corrected chi connectivity index (χ4v) is 4.26. The molecule has 0 saturated carbocycles. The van der Waals surface area contributed by atoms with Crippen molar-refractivity contribution in [3.05, 3.63) is 35.3 Å². The molecule has 23 heavy (non-hydrogen) atoms. The molecule has 4 heteroatoms. The lowest BCUT2D eigenvalue weighted by Crippen LogP contribution is -2.33. The summed E-state index contributed by atoms with van der Waals surface area (Å²) in [6.07, 6.45) is 4.84. The van der Waals surface area contributed by atoms with E-state index in [4.69, 9.17) is 0 Å². The van der Waals surface area contributed by atoms with E-state index in [1.165, 1.54) is 36.0 Å². The molecular weight excluding hydrogens is 289 g/mol. The molecule has 3 heterocycles.